The Balaban J connectivity index is 2.33. The molecule has 2 N–H and O–H groups in total. The van der Waals surface area contributed by atoms with Crippen LogP contribution in [0.5, 0.6) is 0 Å². The molecule has 1 aromatic carbocycles. The monoisotopic (exact) mass is 285 g/mol. The van der Waals surface area contributed by atoms with Crippen LogP contribution in [0.25, 0.3) is 0 Å². The summed E-state index contributed by atoms with van der Waals surface area (Å²) in [4.78, 5) is 14.2. The van der Waals surface area contributed by atoms with Gasteiger partial charge in [-0.2, -0.15) is 5.10 Å². The third-order valence-corrected chi connectivity index (χ3v) is 2.74. The maximum Gasteiger partial charge on any atom is 0.294 e. The van der Waals surface area contributed by atoms with Crippen LogP contribution in [0.3, 0.4) is 0 Å². The van der Waals surface area contributed by atoms with Crippen molar-refractivity contribution in [2.24, 2.45) is 0 Å². The number of nitrogens with one attached hydrogen (secondary N) is 2. The average molecular weight is 286 g/mol. The molecule has 0 saturated heterocycles. The zero-order chi connectivity index (χ0) is 14.0. The van der Waals surface area contributed by atoms with Crippen molar-refractivity contribution in [3.63, 3.8) is 0 Å². The topological polar surface area (TPSA) is 96.7 Å². The fourth-order valence-electron chi connectivity index (χ4n) is 1.53. The number of rotatable bonds is 4. The number of aromatic amines is 1. The number of halogens is 2. The second kappa shape index (κ2) is 5.19. The summed E-state index contributed by atoms with van der Waals surface area (Å²) in [6.07, 6.45) is 1.31. The molecule has 2 rings (SSSR count). The van der Waals surface area contributed by atoms with Crippen molar-refractivity contribution in [3.05, 3.63) is 45.2 Å². The van der Waals surface area contributed by atoms with Crippen molar-refractivity contribution in [1.29, 1.82) is 0 Å². The van der Waals surface area contributed by atoms with Crippen molar-refractivity contribution >= 4 is 23.0 Å². The van der Waals surface area contributed by atoms with Crippen LogP contribution < -0.4 is 5.32 Å². The molecule has 1 atom stereocenters. The summed E-state index contributed by atoms with van der Waals surface area (Å²) in [5.74, 6) is -0.260. The summed E-state index contributed by atoms with van der Waals surface area (Å²) in [5.41, 5.74) is -0.284. The van der Waals surface area contributed by atoms with Crippen LogP contribution in [0.1, 0.15) is 18.8 Å². The van der Waals surface area contributed by atoms with Gasteiger partial charge in [0.05, 0.1) is 16.0 Å². The highest BCUT2D eigenvalue weighted by atomic mass is 35.5. The number of nitrogens with zero attached hydrogens (tertiary/aromatic N) is 3. The van der Waals surface area contributed by atoms with E-state index in [9.17, 15) is 14.5 Å². The Kier molecular flexibility index (Phi) is 3.61. The van der Waals surface area contributed by atoms with Crippen LogP contribution in [-0.4, -0.2) is 20.1 Å². The molecule has 0 fully saturated rings. The molecule has 19 heavy (non-hydrogen) atoms. The number of anilines is 1. The molecule has 1 aromatic heterocycles. The molecular formula is C10H9ClFN5O2. The minimum atomic E-state index is -0.737. The summed E-state index contributed by atoms with van der Waals surface area (Å²) in [6.45, 7) is 1.71. The Morgan fingerprint density at radius 1 is 1.58 bits per heavy atom. The molecule has 0 saturated carbocycles. The lowest BCUT2D eigenvalue weighted by atomic mass is 10.2. The van der Waals surface area contributed by atoms with Crippen molar-refractivity contribution in [3.8, 4) is 0 Å². The molecule has 0 aliphatic heterocycles. The first-order valence-corrected chi connectivity index (χ1v) is 5.62. The van der Waals surface area contributed by atoms with Gasteiger partial charge in [0.15, 0.2) is 0 Å². The predicted octanol–water partition coefficient (Wildman–Crippen LogP) is 2.68. The second-order valence-electron chi connectivity index (χ2n) is 3.78. The van der Waals surface area contributed by atoms with E-state index < -0.39 is 16.8 Å². The number of hydrogen-bond acceptors (Lipinski definition) is 5. The summed E-state index contributed by atoms with van der Waals surface area (Å²) in [6, 6.07) is 1.54. The van der Waals surface area contributed by atoms with Crippen LogP contribution in [-0.2, 0) is 0 Å². The fraction of sp³-hybridized carbons (Fsp3) is 0.200. The van der Waals surface area contributed by atoms with Gasteiger partial charge in [-0.1, -0.05) is 11.6 Å². The highest BCUT2D eigenvalue weighted by molar-refractivity contribution is 6.31. The highest BCUT2D eigenvalue weighted by Gasteiger charge is 2.20. The SMILES string of the molecule is CC(Nc1cc(F)c(Cl)cc1[N+](=O)[O-])c1ncn[nH]1. The van der Waals surface area contributed by atoms with Crippen molar-refractivity contribution in [2.75, 3.05) is 5.32 Å². The van der Waals surface area contributed by atoms with Crippen molar-refractivity contribution in [1.82, 2.24) is 15.2 Å². The Labute approximate surface area is 112 Å². The van der Waals surface area contributed by atoms with Gasteiger partial charge in [0.1, 0.15) is 23.7 Å². The zero-order valence-corrected chi connectivity index (χ0v) is 10.5. The molecule has 1 unspecified atom stereocenters. The standard InChI is InChI=1S/C10H9ClFN5O2/c1-5(10-13-4-14-16-10)15-8-3-7(12)6(11)2-9(8)17(18)19/h2-5,15H,1H3,(H,13,14,16). The molecule has 0 bridgehead atoms. The zero-order valence-electron chi connectivity index (χ0n) is 9.72. The quantitative estimate of drug-likeness (QED) is 0.665. The lowest BCUT2D eigenvalue weighted by molar-refractivity contribution is -0.384. The van der Waals surface area contributed by atoms with Gasteiger partial charge in [0.25, 0.3) is 5.69 Å². The molecule has 0 amide bonds. The summed E-state index contributed by atoms with van der Waals surface area (Å²) in [5, 5.41) is 19.7. The number of nitro benzene ring substituents is 1. The summed E-state index contributed by atoms with van der Waals surface area (Å²) in [7, 11) is 0. The number of aromatic nitrogens is 3. The number of nitro groups is 1. The molecule has 2 aromatic rings. The van der Waals surface area contributed by atoms with E-state index in [1.807, 2.05) is 0 Å². The average Bonchev–Trinajstić information content (AvgIpc) is 2.86. The maximum absolute atomic E-state index is 13.4. The lowest BCUT2D eigenvalue weighted by Gasteiger charge is -2.13. The van der Waals surface area contributed by atoms with Gasteiger partial charge in [0, 0.05) is 12.1 Å². The second-order valence-corrected chi connectivity index (χ2v) is 4.18. The minimum Gasteiger partial charge on any atom is -0.370 e. The lowest BCUT2D eigenvalue weighted by Crippen LogP contribution is -2.10. The normalized spacial score (nSPS) is 12.2. The number of H-pyrrole nitrogens is 1. The first-order valence-electron chi connectivity index (χ1n) is 5.24. The van der Waals surface area contributed by atoms with E-state index >= 15 is 0 Å². The minimum absolute atomic E-state index is 0.0239. The Morgan fingerprint density at radius 2 is 2.32 bits per heavy atom. The van der Waals surface area contributed by atoms with E-state index in [4.69, 9.17) is 11.6 Å². The van der Waals surface area contributed by atoms with Gasteiger partial charge in [0.2, 0.25) is 0 Å². The van der Waals surface area contributed by atoms with Gasteiger partial charge in [-0.25, -0.2) is 9.37 Å². The molecular weight excluding hydrogens is 277 g/mol. The smallest absolute Gasteiger partial charge is 0.294 e. The molecule has 1 heterocycles. The van der Waals surface area contributed by atoms with Crippen LogP contribution in [0.4, 0.5) is 15.8 Å². The Hall–Kier alpha value is -2.22. The van der Waals surface area contributed by atoms with Crippen LogP contribution in [0.2, 0.25) is 5.02 Å². The largest absolute Gasteiger partial charge is 0.370 e. The van der Waals surface area contributed by atoms with E-state index in [0.29, 0.717) is 5.82 Å². The molecule has 7 nitrogen and oxygen atoms in total. The van der Waals surface area contributed by atoms with Gasteiger partial charge in [-0.3, -0.25) is 15.2 Å². The molecule has 9 heteroatoms. The van der Waals surface area contributed by atoms with Crippen LogP contribution in [0, 0.1) is 15.9 Å². The molecule has 100 valence electrons. The Bertz CT molecular complexity index is 604. The van der Waals surface area contributed by atoms with Gasteiger partial charge >= 0.3 is 0 Å². The third kappa shape index (κ3) is 2.79. The molecule has 0 aliphatic rings. The highest BCUT2D eigenvalue weighted by Crippen LogP contribution is 2.32. The fourth-order valence-corrected chi connectivity index (χ4v) is 1.69. The van der Waals surface area contributed by atoms with Gasteiger partial charge in [-0.05, 0) is 6.92 Å². The van der Waals surface area contributed by atoms with Gasteiger partial charge < -0.3 is 5.32 Å². The van der Waals surface area contributed by atoms with Crippen LogP contribution >= 0.6 is 11.6 Å². The number of benzene rings is 1. The van der Waals surface area contributed by atoms with Crippen molar-refractivity contribution < 1.29 is 9.31 Å². The van der Waals surface area contributed by atoms with Crippen molar-refractivity contribution in [2.45, 2.75) is 13.0 Å². The van der Waals surface area contributed by atoms with E-state index in [0.717, 1.165) is 12.1 Å². The predicted molar refractivity (Wildman–Crippen MR) is 66.5 cm³/mol. The molecule has 0 aliphatic carbocycles. The first kappa shape index (κ1) is 13.2. The summed E-state index contributed by atoms with van der Waals surface area (Å²) >= 11 is 5.53. The summed E-state index contributed by atoms with van der Waals surface area (Å²) < 4.78 is 13.4. The van der Waals surface area contributed by atoms with Gasteiger partial charge in [-0.15, -0.1) is 0 Å². The first-order chi connectivity index (χ1) is 8.99. The van der Waals surface area contributed by atoms with E-state index in [1.165, 1.54) is 6.33 Å². The van der Waals surface area contributed by atoms with E-state index in [2.05, 4.69) is 20.5 Å². The third-order valence-electron chi connectivity index (χ3n) is 2.45. The van der Waals surface area contributed by atoms with Crippen LogP contribution in [0.15, 0.2) is 18.5 Å². The van der Waals surface area contributed by atoms with E-state index in [1.54, 1.807) is 6.92 Å². The Morgan fingerprint density at radius 3 is 2.89 bits per heavy atom. The molecule has 0 radical (unpaired) electrons. The number of hydrogen-bond donors (Lipinski definition) is 2. The maximum atomic E-state index is 13.4. The molecule has 0 spiro atoms. The van der Waals surface area contributed by atoms with E-state index in [-0.39, 0.29) is 16.4 Å².